The molecule has 1 aromatic carbocycles. The molecule has 0 aliphatic heterocycles. The van der Waals surface area contributed by atoms with Gasteiger partial charge in [0, 0.05) is 6.07 Å². The van der Waals surface area contributed by atoms with Crippen LogP contribution >= 0.6 is 0 Å². The predicted molar refractivity (Wildman–Crippen MR) is 51.9 cm³/mol. The third-order valence-corrected chi connectivity index (χ3v) is 2.89. The minimum atomic E-state index is -4.27. The highest BCUT2D eigenvalue weighted by Gasteiger charge is 2.17. The number of rotatable bonds is 3. The zero-order valence-electron chi connectivity index (χ0n) is 7.91. The summed E-state index contributed by atoms with van der Waals surface area (Å²) in [5.41, 5.74) is 0. The number of halogens is 2. The molecule has 0 fully saturated rings. The first-order chi connectivity index (χ1) is 7.35. The van der Waals surface area contributed by atoms with Crippen LogP contribution in [-0.2, 0) is 14.8 Å². The lowest BCUT2D eigenvalue weighted by Gasteiger charge is -2.04. The molecule has 0 spiro atoms. The van der Waals surface area contributed by atoms with Crippen LogP contribution in [0.25, 0.3) is 0 Å². The highest BCUT2D eigenvalue weighted by atomic mass is 32.2. The van der Waals surface area contributed by atoms with Gasteiger partial charge in [-0.15, -0.1) is 0 Å². The van der Waals surface area contributed by atoms with E-state index >= 15 is 0 Å². The largest absolute Gasteiger partial charge is 0.269 e. The van der Waals surface area contributed by atoms with Crippen LogP contribution in [0.3, 0.4) is 0 Å². The maximum Gasteiger partial charge on any atom is 0.264 e. The van der Waals surface area contributed by atoms with Crippen LogP contribution in [0.4, 0.5) is 8.78 Å². The van der Waals surface area contributed by atoms with Gasteiger partial charge < -0.3 is 0 Å². The maximum absolute atomic E-state index is 12.7. The molecule has 7 heteroatoms. The van der Waals surface area contributed by atoms with Gasteiger partial charge in [0.25, 0.3) is 15.9 Å². The molecular formula is C9H7F2NO3S. The normalized spacial score (nSPS) is 10.9. The summed E-state index contributed by atoms with van der Waals surface area (Å²) in [5, 5.41) is 0. The highest BCUT2D eigenvalue weighted by Crippen LogP contribution is 2.13. The van der Waals surface area contributed by atoms with Gasteiger partial charge in [-0.05, 0) is 18.2 Å². The molecule has 1 rings (SSSR count). The fraction of sp³-hybridized carbons (Fsp3) is 0. The van der Waals surface area contributed by atoms with E-state index in [9.17, 15) is 22.0 Å². The van der Waals surface area contributed by atoms with Crippen molar-refractivity contribution in [3.63, 3.8) is 0 Å². The fourth-order valence-electron chi connectivity index (χ4n) is 0.917. The maximum atomic E-state index is 12.7. The average Bonchev–Trinajstić information content (AvgIpc) is 2.15. The van der Waals surface area contributed by atoms with Crippen molar-refractivity contribution in [1.29, 1.82) is 0 Å². The first kappa shape index (κ1) is 12.3. The molecule has 0 radical (unpaired) electrons. The van der Waals surface area contributed by atoms with Crippen molar-refractivity contribution in [2.75, 3.05) is 0 Å². The number of hydrogen-bond donors (Lipinski definition) is 1. The molecule has 0 bridgehead atoms. The first-order valence-electron chi connectivity index (χ1n) is 4.00. The van der Waals surface area contributed by atoms with E-state index in [1.54, 1.807) is 4.72 Å². The highest BCUT2D eigenvalue weighted by molar-refractivity contribution is 7.90. The lowest BCUT2D eigenvalue weighted by Crippen LogP contribution is -2.29. The summed E-state index contributed by atoms with van der Waals surface area (Å²) < 4.78 is 49.8. The van der Waals surface area contributed by atoms with Gasteiger partial charge in [0.15, 0.2) is 0 Å². The third-order valence-electron chi connectivity index (χ3n) is 1.57. The summed E-state index contributed by atoms with van der Waals surface area (Å²) in [5.74, 6) is -3.08. The van der Waals surface area contributed by atoms with E-state index in [2.05, 4.69) is 6.58 Å². The second-order valence-corrected chi connectivity index (χ2v) is 4.46. The van der Waals surface area contributed by atoms with Crippen LogP contribution in [0.15, 0.2) is 35.7 Å². The first-order valence-corrected chi connectivity index (χ1v) is 5.49. The van der Waals surface area contributed by atoms with E-state index < -0.39 is 32.5 Å². The Balaban J connectivity index is 3.17. The second-order valence-electron chi connectivity index (χ2n) is 2.78. The quantitative estimate of drug-likeness (QED) is 0.809. The van der Waals surface area contributed by atoms with Crippen LogP contribution < -0.4 is 4.72 Å². The van der Waals surface area contributed by atoms with Gasteiger partial charge in [-0.3, -0.25) is 4.79 Å². The molecule has 0 saturated carbocycles. The van der Waals surface area contributed by atoms with E-state index in [0.29, 0.717) is 18.2 Å². The minimum Gasteiger partial charge on any atom is -0.269 e. The molecule has 16 heavy (non-hydrogen) atoms. The van der Waals surface area contributed by atoms with E-state index in [0.717, 1.165) is 6.08 Å². The molecule has 1 N–H and O–H groups in total. The molecule has 86 valence electrons. The molecule has 0 atom stereocenters. The third kappa shape index (κ3) is 2.86. The van der Waals surface area contributed by atoms with Crippen LogP contribution in [0.2, 0.25) is 0 Å². The van der Waals surface area contributed by atoms with Crippen molar-refractivity contribution < 1.29 is 22.0 Å². The molecule has 0 unspecified atom stereocenters. The Bertz CT molecular complexity index is 519. The van der Waals surface area contributed by atoms with E-state index in [1.165, 1.54) is 0 Å². The van der Waals surface area contributed by atoms with E-state index in [4.69, 9.17) is 0 Å². The summed E-state index contributed by atoms with van der Waals surface area (Å²) in [4.78, 5) is 10.1. The SMILES string of the molecule is C=CC(=O)NS(=O)(=O)c1cc(F)cc(F)c1. The monoisotopic (exact) mass is 247 g/mol. The Morgan fingerprint density at radius 1 is 1.25 bits per heavy atom. The van der Waals surface area contributed by atoms with Crippen molar-refractivity contribution in [2.45, 2.75) is 4.90 Å². The molecule has 0 aliphatic carbocycles. The van der Waals surface area contributed by atoms with Crippen molar-refractivity contribution in [1.82, 2.24) is 4.72 Å². The van der Waals surface area contributed by atoms with Crippen molar-refractivity contribution in [3.8, 4) is 0 Å². The van der Waals surface area contributed by atoms with E-state index in [-0.39, 0.29) is 0 Å². The standard InChI is InChI=1S/C9H7F2NO3S/c1-2-9(13)12-16(14,15)8-4-6(10)3-7(11)5-8/h2-5H,1H2,(H,12,13). The number of carbonyl (C=O) groups is 1. The summed E-state index contributed by atoms with van der Waals surface area (Å²) in [7, 11) is -4.27. The Morgan fingerprint density at radius 3 is 2.19 bits per heavy atom. The fourth-order valence-corrected chi connectivity index (χ4v) is 1.92. The topological polar surface area (TPSA) is 63.2 Å². The summed E-state index contributed by atoms with van der Waals surface area (Å²) in [6.45, 7) is 3.05. The van der Waals surface area contributed by atoms with Crippen LogP contribution in [-0.4, -0.2) is 14.3 Å². The molecule has 0 heterocycles. The van der Waals surface area contributed by atoms with Gasteiger partial charge >= 0.3 is 0 Å². The van der Waals surface area contributed by atoms with Crippen molar-refractivity contribution in [3.05, 3.63) is 42.5 Å². The Hall–Kier alpha value is -1.76. The average molecular weight is 247 g/mol. The van der Waals surface area contributed by atoms with Gasteiger partial charge in [0.1, 0.15) is 11.6 Å². The zero-order chi connectivity index (χ0) is 12.3. The predicted octanol–water partition coefficient (Wildman–Crippen LogP) is 0.956. The number of nitrogens with one attached hydrogen (secondary N) is 1. The number of benzene rings is 1. The number of sulfonamides is 1. The van der Waals surface area contributed by atoms with Crippen LogP contribution in [0.1, 0.15) is 0 Å². The van der Waals surface area contributed by atoms with Gasteiger partial charge in [-0.25, -0.2) is 21.9 Å². The molecule has 0 aromatic heterocycles. The lowest BCUT2D eigenvalue weighted by atomic mass is 10.3. The lowest BCUT2D eigenvalue weighted by molar-refractivity contribution is -0.114. The Morgan fingerprint density at radius 2 is 1.75 bits per heavy atom. The van der Waals surface area contributed by atoms with Gasteiger partial charge in [0.2, 0.25) is 0 Å². The van der Waals surface area contributed by atoms with Gasteiger partial charge in [0.05, 0.1) is 4.90 Å². The van der Waals surface area contributed by atoms with E-state index in [1.807, 2.05) is 0 Å². The van der Waals surface area contributed by atoms with Crippen molar-refractivity contribution in [2.24, 2.45) is 0 Å². The van der Waals surface area contributed by atoms with Crippen LogP contribution in [0, 0.1) is 11.6 Å². The molecular weight excluding hydrogens is 240 g/mol. The van der Waals surface area contributed by atoms with Gasteiger partial charge in [-0.2, -0.15) is 0 Å². The Kier molecular flexibility index (Phi) is 3.38. The number of amides is 1. The molecule has 4 nitrogen and oxygen atoms in total. The smallest absolute Gasteiger partial charge is 0.264 e. The Labute approximate surface area is 90.6 Å². The van der Waals surface area contributed by atoms with Gasteiger partial charge in [-0.1, -0.05) is 6.58 Å². The molecule has 0 saturated heterocycles. The van der Waals surface area contributed by atoms with Crippen molar-refractivity contribution >= 4 is 15.9 Å². The molecule has 1 amide bonds. The number of hydrogen-bond acceptors (Lipinski definition) is 3. The number of carbonyl (C=O) groups excluding carboxylic acids is 1. The summed E-state index contributed by atoms with van der Waals surface area (Å²) in [6, 6.07) is 1.72. The second kappa shape index (κ2) is 4.40. The summed E-state index contributed by atoms with van der Waals surface area (Å²) in [6.07, 6.45) is 0.729. The molecule has 1 aromatic rings. The van der Waals surface area contributed by atoms with Crippen LogP contribution in [0.5, 0.6) is 0 Å². The minimum absolute atomic E-state index is 0.522. The zero-order valence-corrected chi connectivity index (χ0v) is 8.72. The summed E-state index contributed by atoms with van der Waals surface area (Å²) >= 11 is 0. The molecule has 0 aliphatic rings.